The van der Waals surface area contributed by atoms with E-state index < -0.39 is 0 Å². The van der Waals surface area contributed by atoms with Gasteiger partial charge in [0.2, 0.25) is 0 Å². The Labute approximate surface area is 132 Å². The zero-order chi connectivity index (χ0) is 14.7. The summed E-state index contributed by atoms with van der Waals surface area (Å²) in [5.41, 5.74) is 7.72. The fourth-order valence-corrected chi connectivity index (χ4v) is 3.73. The third kappa shape index (κ3) is 3.26. The molecule has 2 rings (SSSR count). The van der Waals surface area contributed by atoms with Crippen LogP contribution in [0.4, 0.5) is 5.69 Å². The molecule has 4 heteroatoms. The SMILES string of the molecule is CCC1CCC(N(C)c2cccc(Cl)c2C(N)=S)CC1. The monoisotopic (exact) mass is 310 g/mol. The highest BCUT2D eigenvalue weighted by molar-refractivity contribution is 7.80. The second-order valence-electron chi connectivity index (χ2n) is 5.69. The zero-order valence-electron chi connectivity index (χ0n) is 12.2. The van der Waals surface area contributed by atoms with Crippen molar-refractivity contribution in [2.75, 3.05) is 11.9 Å². The molecule has 0 amide bonds. The molecule has 0 bridgehead atoms. The van der Waals surface area contributed by atoms with Crippen LogP contribution in [0.15, 0.2) is 18.2 Å². The number of hydrogen-bond donors (Lipinski definition) is 1. The number of rotatable bonds is 4. The summed E-state index contributed by atoms with van der Waals surface area (Å²) in [6, 6.07) is 6.44. The third-order valence-corrected chi connectivity index (χ3v) is 5.08. The standard InChI is InChI=1S/C16H23ClN2S/c1-3-11-7-9-12(10-8-11)19(2)14-6-4-5-13(17)15(14)16(18)20/h4-6,11-12H,3,7-10H2,1-2H3,(H2,18,20). The molecule has 0 atom stereocenters. The van der Waals surface area contributed by atoms with E-state index in [4.69, 9.17) is 29.6 Å². The molecule has 0 unspecified atom stereocenters. The van der Waals surface area contributed by atoms with Crippen LogP contribution in [0.5, 0.6) is 0 Å². The highest BCUT2D eigenvalue weighted by atomic mass is 35.5. The van der Waals surface area contributed by atoms with Crippen molar-refractivity contribution in [3.8, 4) is 0 Å². The average molecular weight is 311 g/mol. The van der Waals surface area contributed by atoms with Gasteiger partial charge in [0.25, 0.3) is 0 Å². The molecule has 2 nitrogen and oxygen atoms in total. The van der Waals surface area contributed by atoms with Gasteiger partial charge < -0.3 is 10.6 Å². The Morgan fingerprint density at radius 3 is 2.55 bits per heavy atom. The smallest absolute Gasteiger partial charge is 0.107 e. The first-order valence-electron chi connectivity index (χ1n) is 7.35. The van der Waals surface area contributed by atoms with Gasteiger partial charge in [0.15, 0.2) is 0 Å². The molecule has 0 aromatic heterocycles. The summed E-state index contributed by atoms with van der Waals surface area (Å²) < 4.78 is 0. The topological polar surface area (TPSA) is 29.3 Å². The van der Waals surface area contributed by atoms with E-state index >= 15 is 0 Å². The van der Waals surface area contributed by atoms with Crippen molar-refractivity contribution in [1.82, 2.24) is 0 Å². The van der Waals surface area contributed by atoms with Crippen LogP contribution in [0.3, 0.4) is 0 Å². The van der Waals surface area contributed by atoms with Gasteiger partial charge in [-0.05, 0) is 43.7 Å². The van der Waals surface area contributed by atoms with Crippen LogP contribution in [0.25, 0.3) is 0 Å². The van der Waals surface area contributed by atoms with Crippen molar-refractivity contribution in [1.29, 1.82) is 0 Å². The van der Waals surface area contributed by atoms with Crippen molar-refractivity contribution in [3.63, 3.8) is 0 Å². The summed E-state index contributed by atoms with van der Waals surface area (Å²) in [5, 5.41) is 0.643. The lowest BCUT2D eigenvalue weighted by atomic mass is 9.84. The van der Waals surface area contributed by atoms with Crippen molar-refractivity contribution >= 4 is 34.5 Å². The Hall–Kier alpha value is -0.800. The van der Waals surface area contributed by atoms with Gasteiger partial charge in [0, 0.05) is 18.8 Å². The number of benzene rings is 1. The molecule has 1 aromatic rings. The van der Waals surface area contributed by atoms with Crippen LogP contribution in [0, 0.1) is 5.92 Å². The van der Waals surface area contributed by atoms with Gasteiger partial charge >= 0.3 is 0 Å². The Balaban J connectivity index is 2.20. The van der Waals surface area contributed by atoms with Crippen molar-refractivity contribution in [2.24, 2.45) is 11.7 Å². The molecule has 0 spiro atoms. The van der Waals surface area contributed by atoms with Crippen molar-refractivity contribution < 1.29 is 0 Å². The van der Waals surface area contributed by atoms with Crippen molar-refractivity contribution in [2.45, 2.75) is 45.1 Å². The number of nitrogens with two attached hydrogens (primary N) is 1. The Bertz CT molecular complexity index is 481. The van der Waals surface area contributed by atoms with Crippen molar-refractivity contribution in [3.05, 3.63) is 28.8 Å². The maximum atomic E-state index is 6.26. The minimum Gasteiger partial charge on any atom is -0.389 e. The van der Waals surface area contributed by atoms with Crippen LogP contribution < -0.4 is 10.6 Å². The van der Waals surface area contributed by atoms with Gasteiger partial charge in [-0.1, -0.05) is 43.2 Å². The summed E-state index contributed by atoms with van der Waals surface area (Å²) in [4.78, 5) is 2.69. The maximum Gasteiger partial charge on any atom is 0.107 e. The molecule has 0 heterocycles. The van der Waals surface area contributed by atoms with Crippen LogP contribution in [-0.2, 0) is 0 Å². The van der Waals surface area contributed by atoms with Crippen LogP contribution in [0.1, 0.15) is 44.6 Å². The molecule has 1 fully saturated rings. The van der Waals surface area contributed by atoms with Gasteiger partial charge in [-0.3, -0.25) is 0 Å². The van der Waals surface area contributed by atoms with E-state index in [1.54, 1.807) is 0 Å². The summed E-state index contributed by atoms with van der Waals surface area (Å²) in [6.45, 7) is 2.29. The summed E-state index contributed by atoms with van der Waals surface area (Å²) >= 11 is 11.4. The molecule has 1 saturated carbocycles. The molecular weight excluding hydrogens is 288 g/mol. The van der Waals surface area contributed by atoms with E-state index in [-0.39, 0.29) is 0 Å². The quantitative estimate of drug-likeness (QED) is 0.837. The van der Waals surface area contributed by atoms with Gasteiger partial charge in [-0.25, -0.2) is 0 Å². The lowest BCUT2D eigenvalue weighted by Gasteiger charge is -2.36. The van der Waals surface area contributed by atoms with E-state index in [2.05, 4.69) is 24.9 Å². The Kier molecular flexibility index (Phi) is 5.28. The van der Waals surface area contributed by atoms with Crippen LogP contribution >= 0.6 is 23.8 Å². The van der Waals surface area contributed by atoms with E-state index in [0.29, 0.717) is 16.1 Å². The minimum absolute atomic E-state index is 0.375. The van der Waals surface area contributed by atoms with E-state index in [0.717, 1.165) is 17.2 Å². The molecule has 1 aliphatic rings. The molecule has 0 radical (unpaired) electrons. The molecule has 0 aliphatic heterocycles. The highest BCUT2D eigenvalue weighted by Crippen LogP contribution is 2.34. The predicted octanol–water partition coefficient (Wildman–Crippen LogP) is 4.38. The number of hydrogen-bond acceptors (Lipinski definition) is 2. The largest absolute Gasteiger partial charge is 0.389 e. The molecular formula is C16H23ClN2S. The fraction of sp³-hybridized carbons (Fsp3) is 0.562. The first-order chi connectivity index (χ1) is 9.54. The third-order valence-electron chi connectivity index (χ3n) is 4.56. The lowest BCUT2D eigenvalue weighted by molar-refractivity contribution is 0.313. The molecule has 110 valence electrons. The first-order valence-corrected chi connectivity index (χ1v) is 8.14. The Morgan fingerprint density at radius 2 is 2.00 bits per heavy atom. The number of halogens is 1. The first kappa shape index (κ1) is 15.6. The molecule has 2 N–H and O–H groups in total. The number of anilines is 1. The van der Waals surface area contributed by atoms with E-state index in [1.165, 1.54) is 32.1 Å². The minimum atomic E-state index is 0.375. The lowest BCUT2D eigenvalue weighted by Crippen LogP contribution is -2.36. The van der Waals surface area contributed by atoms with Gasteiger partial charge in [0.1, 0.15) is 4.99 Å². The molecule has 20 heavy (non-hydrogen) atoms. The van der Waals surface area contributed by atoms with Gasteiger partial charge in [0.05, 0.1) is 10.6 Å². The average Bonchev–Trinajstić information content (AvgIpc) is 2.46. The second kappa shape index (κ2) is 6.77. The second-order valence-corrected chi connectivity index (χ2v) is 6.54. The molecule has 0 saturated heterocycles. The van der Waals surface area contributed by atoms with E-state index in [9.17, 15) is 0 Å². The molecule has 1 aromatic carbocycles. The number of nitrogens with zero attached hydrogens (tertiary/aromatic N) is 1. The summed E-state index contributed by atoms with van der Waals surface area (Å²) in [6.07, 6.45) is 6.39. The normalized spacial score (nSPS) is 22.6. The number of thiocarbonyl (C=S) groups is 1. The summed E-state index contributed by atoms with van der Waals surface area (Å²) in [5.74, 6) is 0.897. The predicted molar refractivity (Wildman–Crippen MR) is 91.8 cm³/mol. The Morgan fingerprint density at radius 1 is 1.35 bits per heavy atom. The van der Waals surface area contributed by atoms with Crippen LogP contribution in [0.2, 0.25) is 5.02 Å². The maximum absolute atomic E-state index is 6.26. The fourth-order valence-electron chi connectivity index (χ4n) is 3.19. The van der Waals surface area contributed by atoms with Gasteiger partial charge in [-0.15, -0.1) is 0 Å². The van der Waals surface area contributed by atoms with Gasteiger partial charge in [-0.2, -0.15) is 0 Å². The van der Waals surface area contributed by atoms with Crippen LogP contribution in [-0.4, -0.2) is 18.1 Å². The molecule has 1 aliphatic carbocycles. The van der Waals surface area contributed by atoms with E-state index in [1.807, 2.05) is 12.1 Å². The summed E-state index contributed by atoms with van der Waals surface area (Å²) in [7, 11) is 2.13. The zero-order valence-corrected chi connectivity index (χ0v) is 13.8. The highest BCUT2D eigenvalue weighted by Gasteiger charge is 2.25.